The van der Waals surface area contributed by atoms with Crippen molar-refractivity contribution in [1.29, 1.82) is 0 Å². The van der Waals surface area contributed by atoms with Crippen molar-refractivity contribution in [2.45, 2.75) is 62.2 Å². The molecule has 2 aromatic rings. The lowest BCUT2D eigenvalue weighted by Gasteiger charge is -2.14. The zero-order valence-electron chi connectivity index (χ0n) is 19.7. The van der Waals surface area contributed by atoms with Crippen LogP contribution in [0.4, 0.5) is 0 Å². The SMILES string of the molecule is CCCCC=Cc1cc(S(=O)(=O)c2cc(Cl)c(OC)c(C=CCCCC)c2)cc(Cl)c1OC. The van der Waals surface area contributed by atoms with Crippen molar-refractivity contribution in [2.75, 3.05) is 14.2 Å². The molecule has 0 amide bonds. The van der Waals surface area contributed by atoms with Crippen molar-refractivity contribution in [3.63, 3.8) is 0 Å². The molecule has 0 aliphatic rings. The molecule has 0 radical (unpaired) electrons. The van der Waals surface area contributed by atoms with E-state index < -0.39 is 9.84 Å². The molecule has 0 spiro atoms. The second kappa shape index (κ2) is 13.1. The van der Waals surface area contributed by atoms with Crippen LogP contribution in [0.25, 0.3) is 12.2 Å². The van der Waals surface area contributed by atoms with Gasteiger partial charge in [0.25, 0.3) is 0 Å². The summed E-state index contributed by atoms with van der Waals surface area (Å²) >= 11 is 12.8. The minimum absolute atomic E-state index is 0.0746. The zero-order valence-corrected chi connectivity index (χ0v) is 22.0. The van der Waals surface area contributed by atoms with Crippen LogP contribution < -0.4 is 9.47 Å². The molecule has 0 fully saturated rings. The molecule has 0 unspecified atom stereocenters. The van der Waals surface area contributed by atoms with Crippen LogP contribution in [0.5, 0.6) is 11.5 Å². The molecule has 2 rings (SSSR count). The lowest BCUT2D eigenvalue weighted by Crippen LogP contribution is -2.05. The number of hydrogen-bond acceptors (Lipinski definition) is 4. The Morgan fingerprint density at radius 3 is 1.48 bits per heavy atom. The van der Waals surface area contributed by atoms with Crippen molar-refractivity contribution >= 4 is 45.2 Å². The monoisotopic (exact) mass is 510 g/mol. The van der Waals surface area contributed by atoms with E-state index in [9.17, 15) is 8.42 Å². The number of allylic oxidation sites excluding steroid dienone is 2. The third-order valence-electron chi connectivity index (χ3n) is 5.16. The summed E-state index contributed by atoms with van der Waals surface area (Å²) in [6, 6.07) is 5.98. The lowest BCUT2D eigenvalue weighted by atomic mass is 10.1. The number of rotatable bonds is 12. The van der Waals surface area contributed by atoms with Crippen LogP contribution in [-0.2, 0) is 9.84 Å². The van der Waals surface area contributed by atoms with E-state index in [1.165, 1.54) is 26.4 Å². The molecule has 0 N–H and O–H groups in total. The number of halogens is 2. The van der Waals surface area contributed by atoms with Crippen LogP contribution in [0.2, 0.25) is 10.0 Å². The second-order valence-corrected chi connectivity index (χ2v) is 10.4. The summed E-state index contributed by atoms with van der Waals surface area (Å²) in [5.41, 5.74) is 1.22. The standard InChI is InChI=1S/C26H32Cl2O4S/c1-5-7-9-11-13-19-15-21(17-23(27)25(19)31-3)33(29,30)22-16-20(14-12-10-8-6-2)26(32-4)24(28)18-22/h11-18H,5-10H2,1-4H3. The largest absolute Gasteiger partial charge is 0.495 e. The van der Waals surface area contributed by atoms with Crippen molar-refractivity contribution in [3.8, 4) is 11.5 Å². The van der Waals surface area contributed by atoms with E-state index in [0.29, 0.717) is 22.6 Å². The van der Waals surface area contributed by atoms with Crippen LogP contribution in [0, 0.1) is 0 Å². The summed E-state index contributed by atoms with van der Waals surface area (Å²) in [5.74, 6) is 0.881. The number of ether oxygens (including phenoxy) is 2. The molecule has 0 aromatic heterocycles. The molecule has 180 valence electrons. The molecule has 0 aliphatic heterocycles. The molecule has 0 bridgehead atoms. The smallest absolute Gasteiger partial charge is 0.206 e. The Kier molecular flexibility index (Phi) is 10.8. The third kappa shape index (κ3) is 7.02. The van der Waals surface area contributed by atoms with Gasteiger partial charge in [-0.05, 0) is 37.1 Å². The Morgan fingerprint density at radius 2 is 1.15 bits per heavy atom. The highest BCUT2D eigenvalue weighted by Crippen LogP contribution is 2.38. The van der Waals surface area contributed by atoms with Crippen molar-refractivity contribution in [1.82, 2.24) is 0 Å². The molecule has 7 heteroatoms. The van der Waals surface area contributed by atoms with E-state index in [0.717, 1.165) is 38.5 Å². The van der Waals surface area contributed by atoms with E-state index in [-0.39, 0.29) is 19.8 Å². The van der Waals surface area contributed by atoms with E-state index >= 15 is 0 Å². The van der Waals surface area contributed by atoms with E-state index in [4.69, 9.17) is 32.7 Å². The summed E-state index contributed by atoms with van der Waals surface area (Å²) in [5, 5.41) is 0.459. The molecular formula is C26H32Cl2O4S. The maximum Gasteiger partial charge on any atom is 0.206 e. The van der Waals surface area contributed by atoms with Crippen LogP contribution in [-0.4, -0.2) is 22.6 Å². The number of unbranched alkanes of at least 4 members (excludes halogenated alkanes) is 4. The molecule has 0 atom stereocenters. The first-order valence-electron chi connectivity index (χ1n) is 11.1. The molecular weight excluding hydrogens is 479 g/mol. The van der Waals surface area contributed by atoms with Gasteiger partial charge in [-0.1, -0.05) is 87.0 Å². The quantitative estimate of drug-likeness (QED) is 0.269. The van der Waals surface area contributed by atoms with Crippen molar-refractivity contribution in [3.05, 3.63) is 57.6 Å². The van der Waals surface area contributed by atoms with Gasteiger partial charge in [-0.2, -0.15) is 0 Å². The van der Waals surface area contributed by atoms with Gasteiger partial charge in [0.05, 0.1) is 34.1 Å². The average molecular weight is 512 g/mol. The van der Waals surface area contributed by atoms with Gasteiger partial charge in [0, 0.05) is 11.1 Å². The zero-order chi connectivity index (χ0) is 24.4. The van der Waals surface area contributed by atoms with Gasteiger partial charge in [-0.25, -0.2) is 8.42 Å². The molecule has 0 heterocycles. The molecule has 0 saturated heterocycles. The summed E-state index contributed by atoms with van der Waals surface area (Å²) in [4.78, 5) is 0.149. The highest BCUT2D eigenvalue weighted by atomic mass is 35.5. The normalized spacial score (nSPS) is 12.1. The maximum atomic E-state index is 13.5. The Morgan fingerprint density at radius 1 is 0.758 bits per heavy atom. The first-order valence-corrected chi connectivity index (χ1v) is 13.4. The topological polar surface area (TPSA) is 52.6 Å². The summed E-state index contributed by atoms with van der Waals surface area (Å²) < 4.78 is 37.9. The lowest BCUT2D eigenvalue weighted by molar-refractivity contribution is 0.413. The van der Waals surface area contributed by atoms with E-state index in [1.54, 1.807) is 12.1 Å². The van der Waals surface area contributed by atoms with Gasteiger partial charge >= 0.3 is 0 Å². The average Bonchev–Trinajstić information content (AvgIpc) is 2.79. The van der Waals surface area contributed by atoms with Gasteiger partial charge in [-0.15, -0.1) is 0 Å². The number of sulfone groups is 1. The van der Waals surface area contributed by atoms with Gasteiger partial charge in [0.15, 0.2) is 0 Å². The van der Waals surface area contributed by atoms with Gasteiger partial charge in [0.2, 0.25) is 9.84 Å². The second-order valence-electron chi connectivity index (χ2n) is 7.65. The third-order valence-corrected chi connectivity index (χ3v) is 7.44. The molecule has 4 nitrogen and oxygen atoms in total. The molecule has 2 aromatic carbocycles. The number of hydrogen-bond donors (Lipinski definition) is 0. The molecule has 33 heavy (non-hydrogen) atoms. The van der Waals surface area contributed by atoms with Crippen molar-refractivity contribution < 1.29 is 17.9 Å². The van der Waals surface area contributed by atoms with E-state index in [2.05, 4.69) is 13.8 Å². The summed E-state index contributed by atoms with van der Waals surface area (Å²) in [7, 11) is -0.871. The fraction of sp³-hybridized carbons (Fsp3) is 0.385. The summed E-state index contributed by atoms with van der Waals surface area (Å²) in [6.45, 7) is 4.23. The Hall–Kier alpha value is -1.95. The first-order chi connectivity index (χ1) is 15.8. The minimum atomic E-state index is -3.90. The van der Waals surface area contributed by atoms with Crippen molar-refractivity contribution in [2.24, 2.45) is 0 Å². The van der Waals surface area contributed by atoms with Gasteiger partial charge < -0.3 is 9.47 Å². The fourth-order valence-corrected chi connectivity index (χ4v) is 5.49. The fourth-order valence-electron chi connectivity index (χ4n) is 3.37. The molecule has 0 saturated carbocycles. The highest BCUT2D eigenvalue weighted by Gasteiger charge is 2.23. The Bertz CT molecular complexity index is 1020. The summed E-state index contributed by atoms with van der Waals surface area (Å²) in [6.07, 6.45) is 13.7. The number of methoxy groups -OCH3 is 2. The minimum Gasteiger partial charge on any atom is -0.495 e. The number of benzene rings is 2. The van der Waals surface area contributed by atoms with Gasteiger partial charge in [0.1, 0.15) is 11.5 Å². The van der Waals surface area contributed by atoms with E-state index in [1.807, 2.05) is 24.3 Å². The van der Waals surface area contributed by atoms with Gasteiger partial charge in [-0.3, -0.25) is 0 Å². The molecule has 0 aliphatic carbocycles. The van der Waals surface area contributed by atoms with Crippen LogP contribution >= 0.6 is 23.2 Å². The maximum absolute atomic E-state index is 13.5. The predicted molar refractivity (Wildman–Crippen MR) is 139 cm³/mol. The first kappa shape index (κ1) is 27.3. The van der Waals surface area contributed by atoms with Crippen LogP contribution in [0.1, 0.15) is 63.5 Å². The highest BCUT2D eigenvalue weighted by molar-refractivity contribution is 7.91. The Balaban J connectivity index is 2.56. The van der Waals surface area contributed by atoms with Crippen LogP contribution in [0.15, 0.2) is 46.2 Å². The predicted octanol–water partition coefficient (Wildman–Crippen LogP) is 8.25. The van der Waals surface area contributed by atoms with Crippen LogP contribution in [0.3, 0.4) is 0 Å². The Labute approximate surface area is 208 Å².